The van der Waals surface area contributed by atoms with Crippen molar-refractivity contribution in [1.29, 1.82) is 0 Å². The molecular weight excluding hydrogens is 412 g/mol. The number of hydrogen-bond donors (Lipinski definition) is 0. The third kappa shape index (κ3) is 4.15. The van der Waals surface area contributed by atoms with E-state index in [2.05, 4.69) is 11.0 Å². The summed E-state index contributed by atoms with van der Waals surface area (Å²) in [5.41, 5.74) is 0.822. The Balaban J connectivity index is 1.44. The van der Waals surface area contributed by atoms with Gasteiger partial charge in [-0.1, -0.05) is 18.2 Å². The summed E-state index contributed by atoms with van der Waals surface area (Å²) < 4.78 is 26.4. The monoisotopic (exact) mass is 434 g/mol. The van der Waals surface area contributed by atoms with Gasteiger partial charge >= 0.3 is 0 Å². The number of rotatable bonds is 4. The summed E-state index contributed by atoms with van der Waals surface area (Å²) in [6, 6.07) is 11.2. The van der Waals surface area contributed by atoms with E-state index in [0.717, 1.165) is 36.5 Å². The van der Waals surface area contributed by atoms with Crippen LogP contribution in [0.5, 0.6) is 0 Å². The van der Waals surface area contributed by atoms with Crippen LogP contribution in [-0.4, -0.2) is 56.6 Å². The molecule has 148 valence electrons. The lowest BCUT2D eigenvalue weighted by molar-refractivity contribution is 0.0766. The highest BCUT2D eigenvalue weighted by atomic mass is 32.2. The molecule has 1 amide bonds. The second-order valence-electron chi connectivity index (χ2n) is 7.06. The van der Waals surface area contributed by atoms with Gasteiger partial charge in [0.1, 0.15) is 0 Å². The highest BCUT2D eigenvalue weighted by Crippen LogP contribution is 2.31. The SMILES string of the molecule is CS(=O)(=O)c1ccccc1CN1CCCN(C(=O)c2cc3sccc3s2)CC1. The van der Waals surface area contributed by atoms with Gasteiger partial charge in [-0.2, -0.15) is 0 Å². The van der Waals surface area contributed by atoms with Gasteiger partial charge in [-0.15, -0.1) is 22.7 Å². The summed E-state index contributed by atoms with van der Waals surface area (Å²) in [7, 11) is -3.25. The van der Waals surface area contributed by atoms with Gasteiger partial charge < -0.3 is 4.90 Å². The largest absolute Gasteiger partial charge is 0.337 e. The summed E-state index contributed by atoms with van der Waals surface area (Å²) in [4.78, 5) is 18.3. The van der Waals surface area contributed by atoms with Crippen molar-refractivity contribution < 1.29 is 13.2 Å². The zero-order valence-corrected chi connectivity index (χ0v) is 18.1. The average molecular weight is 435 g/mol. The number of sulfone groups is 1. The first kappa shape index (κ1) is 19.6. The predicted molar refractivity (Wildman–Crippen MR) is 115 cm³/mol. The standard InChI is InChI=1S/C20H22N2O3S3/c1-28(24,25)19-6-3-2-5-15(19)14-21-8-4-9-22(11-10-21)20(23)18-13-17-16(27-18)7-12-26-17/h2-3,5-7,12-13H,4,8-11,14H2,1H3. The van der Waals surface area contributed by atoms with Crippen molar-refractivity contribution in [3.63, 3.8) is 0 Å². The normalized spacial score (nSPS) is 16.4. The van der Waals surface area contributed by atoms with E-state index >= 15 is 0 Å². The lowest BCUT2D eigenvalue weighted by Gasteiger charge is -2.22. The number of nitrogens with zero attached hydrogens (tertiary/aromatic N) is 2. The quantitative estimate of drug-likeness (QED) is 0.628. The summed E-state index contributed by atoms with van der Waals surface area (Å²) in [6.45, 7) is 3.56. The average Bonchev–Trinajstić information content (AvgIpc) is 3.17. The molecule has 0 atom stereocenters. The van der Waals surface area contributed by atoms with E-state index < -0.39 is 9.84 Å². The van der Waals surface area contributed by atoms with Gasteiger partial charge in [-0.3, -0.25) is 9.69 Å². The Morgan fingerprint density at radius 2 is 1.89 bits per heavy atom. The Kier molecular flexibility index (Phi) is 5.55. The zero-order chi connectivity index (χ0) is 19.7. The molecule has 1 saturated heterocycles. The van der Waals surface area contributed by atoms with Gasteiger partial charge in [-0.25, -0.2) is 8.42 Å². The minimum absolute atomic E-state index is 0.104. The third-order valence-corrected chi connectivity index (χ3v) is 8.27. The molecule has 5 nitrogen and oxygen atoms in total. The molecule has 0 radical (unpaired) electrons. The highest BCUT2D eigenvalue weighted by Gasteiger charge is 2.23. The maximum absolute atomic E-state index is 12.9. The van der Waals surface area contributed by atoms with Crippen LogP contribution in [0.25, 0.3) is 9.40 Å². The van der Waals surface area contributed by atoms with E-state index in [-0.39, 0.29) is 5.91 Å². The van der Waals surface area contributed by atoms with E-state index in [1.807, 2.05) is 28.5 Å². The summed E-state index contributed by atoms with van der Waals surface area (Å²) in [5.74, 6) is 0.104. The molecule has 1 aliphatic heterocycles. The molecule has 4 rings (SSSR count). The first-order valence-corrected chi connectivity index (χ1v) is 12.8. The fourth-order valence-electron chi connectivity index (χ4n) is 3.60. The molecule has 0 bridgehead atoms. The number of thiophene rings is 2. The van der Waals surface area contributed by atoms with E-state index in [9.17, 15) is 13.2 Å². The summed E-state index contributed by atoms with van der Waals surface area (Å²) in [6.07, 6.45) is 2.13. The van der Waals surface area contributed by atoms with Gasteiger partial charge in [0.05, 0.1) is 9.77 Å². The van der Waals surface area contributed by atoms with Crippen LogP contribution in [0.15, 0.2) is 46.7 Å². The molecule has 1 aromatic carbocycles. The number of carbonyl (C=O) groups excluding carboxylic acids is 1. The Morgan fingerprint density at radius 3 is 2.68 bits per heavy atom. The molecule has 8 heteroatoms. The third-order valence-electron chi connectivity index (χ3n) is 4.99. The Hall–Kier alpha value is -1.74. The van der Waals surface area contributed by atoms with Crippen LogP contribution in [-0.2, 0) is 16.4 Å². The van der Waals surface area contributed by atoms with Crippen molar-refractivity contribution in [1.82, 2.24) is 9.80 Å². The van der Waals surface area contributed by atoms with E-state index in [1.165, 1.54) is 15.7 Å². The minimum atomic E-state index is -3.25. The fraction of sp³-hybridized carbons (Fsp3) is 0.350. The maximum atomic E-state index is 12.9. The van der Waals surface area contributed by atoms with Crippen LogP contribution in [0, 0.1) is 0 Å². The molecule has 1 aliphatic rings. The topological polar surface area (TPSA) is 57.7 Å². The molecule has 2 aromatic heterocycles. The van der Waals surface area contributed by atoms with Crippen LogP contribution in [0.4, 0.5) is 0 Å². The molecule has 1 fully saturated rings. The van der Waals surface area contributed by atoms with Crippen LogP contribution in [0.2, 0.25) is 0 Å². The first-order chi connectivity index (χ1) is 13.4. The molecule has 0 saturated carbocycles. The Bertz CT molecular complexity index is 1070. The van der Waals surface area contributed by atoms with Gasteiger partial charge in [-0.05, 0) is 35.6 Å². The minimum Gasteiger partial charge on any atom is -0.337 e. The van der Waals surface area contributed by atoms with Gasteiger partial charge in [0.25, 0.3) is 5.91 Å². The number of benzene rings is 1. The first-order valence-electron chi connectivity index (χ1n) is 9.18. The van der Waals surface area contributed by atoms with Crippen molar-refractivity contribution in [3.8, 4) is 0 Å². The number of amides is 1. The smallest absolute Gasteiger partial charge is 0.264 e. The lowest BCUT2D eigenvalue weighted by atomic mass is 10.2. The molecular formula is C20H22N2O3S3. The van der Waals surface area contributed by atoms with Crippen molar-refractivity contribution >= 4 is 47.8 Å². The van der Waals surface area contributed by atoms with Gasteiger partial charge in [0.15, 0.2) is 9.84 Å². The maximum Gasteiger partial charge on any atom is 0.264 e. The Morgan fingerprint density at radius 1 is 1.07 bits per heavy atom. The predicted octanol–water partition coefficient (Wildman–Crippen LogP) is 3.71. The zero-order valence-electron chi connectivity index (χ0n) is 15.6. The van der Waals surface area contributed by atoms with Crippen LogP contribution >= 0.6 is 22.7 Å². The van der Waals surface area contributed by atoms with Gasteiger partial charge in [0.2, 0.25) is 0 Å². The van der Waals surface area contributed by atoms with Gasteiger partial charge in [0, 0.05) is 48.4 Å². The van der Waals surface area contributed by atoms with E-state index in [1.54, 1.807) is 34.8 Å². The Labute approximate surface area is 173 Å². The molecule has 3 aromatic rings. The second-order valence-corrected chi connectivity index (χ2v) is 11.1. The molecule has 0 aliphatic carbocycles. The second kappa shape index (κ2) is 7.94. The molecule has 28 heavy (non-hydrogen) atoms. The van der Waals surface area contributed by atoms with Crippen molar-refractivity contribution in [2.24, 2.45) is 0 Å². The number of hydrogen-bond acceptors (Lipinski definition) is 6. The molecule has 0 spiro atoms. The van der Waals surface area contributed by atoms with Crippen molar-refractivity contribution in [3.05, 3.63) is 52.2 Å². The highest BCUT2D eigenvalue weighted by molar-refractivity contribution is 7.90. The van der Waals surface area contributed by atoms with Crippen LogP contribution in [0.3, 0.4) is 0 Å². The molecule has 0 unspecified atom stereocenters. The number of carbonyl (C=O) groups is 1. The fourth-order valence-corrected chi connectivity index (χ4v) is 6.61. The molecule has 0 N–H and O–H groups in total. The van der Waals surface area contributed by atoms with Crippen LogP contribution < -0.4 is 0 Å². The van der Waals surface area contributed by atoms with Crippen molar-refractivity contribution in [2.45, 2.75) is 17.9 Å². The summed E-state index contributed by atoms with van der Waals surface area (Å²) in [5, 5.41) is 2.05. The lowest BCUT2D eigenvalue weighted by Crippen LogP contribution is -2.34. The molecule has 3 heterocycles. The van der Waals surface area contributed by atoms with E-state index in [0.29, 0.717) is 18.0 Å². The number of fused-ring (bicyclic) bond motifs is 1. The van der Waals surface area contributed by atoms with Crippen molar-refractivity contribution in [2.75, 3.05) is 32.4 Å². The summed E-state index contributed by atoms with van der Waals surface area (Å²) >= 11 is 3.22. The van der Waals surface area contributed by atoms with Crippen LogP contribution in [0.1, 0.15) is 21.7 Å². The van der Waals surface area contributed by atoms with E-state index in [4.69, 9.17) is 0 Å².